The van der Waals surface area contributed by atoms with Gasteiger partial charge in [0.05, 0.1) is 18.8 Å². The van der Waals surface area contributed by atoms with Crippen molar-refractivity contribution in [3.8, 4) is 0 Å². The summed E-state index contributed by atoms with van der Waals surface area (Å²) in [5.41, 5.74) is 1.17. The Labute approximate surface area is 147 Å². The molecule has 0 N–H and O–H groups in total. The van der Waals surface area contributed by atoms with Crippen LogP contribution in [0.5, 0.6) is 0 Å². The standard InChI is InChI=1S/C20H34O4/c1-4-7-8-12-15-17(19(21)23-5-2)18(20(22)24-6-3)16-13-10-9-11-14-16/h16H,4-15H2,1-3H3. The maximum absolute atomic E-state index is 12.6. The maximum Gasteiger partial charge on any atom is 0.334 e. The minimum atomic E-state index is -0.331. The second-order valence-corrected chi connectivity index (χ2v) is 6.48. The summed E-state index contributed by atoms with van der Waals surface area (Å²) >= 11 is 0. The van der Waals surface area contributed by atoms with Crippen molar-refractivity contribution in [3.63, 3.8) is 0 Å². The Hall–Kier alpha value is -1.32. The second kappa shape index (κ2) is 12.1. The van der Waals surface area contributed by atoms with Crippen molar-refractivity contribution in [3.05, 3.63) is 11.1 Å². The molecule has 1 fully saturated rings. The van der Waals surface area contributed by atoms with Crippen LogP contribution in [-0.4, -0.2) is 25.2 Å². The van der Waals surface area contributed by atoms with E-state index in [1.54, 1.807) is 6.92 Å². The molecule has 24 heavy (non-hydrogen) atoms. The zero-order valence-electron chi connectivity index (χ0n) is 15.7. The summed E-state index contributed by atoms with van der Waals surface area (Å²) in [5, 5.41) is 0. The minimum Gasteiger partial charge on any atom is -0.463 e. The number of carbonyl (C=O) groups is 2. The van der Waals surface area contributed by atoms with Gasteiger partial charge in [-0.05, 0) is 45.4 Å². The van der Waals surface area contributed by atoms with E-state index in [1.165, 1.54) is 6.42 Å². The van der Waals surface area contributed by atoms with Crippen molar-refractivity contribution < 1.29 is 19.1 Å². The van der Waals surface area contributed by atoms with Gasteiger partial charge in [0.1, 0.15) is 0 Å². The number of hydrogen-bond acceptors (Lipinski definition) is 4. The number of hydrogen-bond donors (Lipinski definition) is 0. The van der Waals surface area contributed by atoms with Crippen LogP contribution in [0.15, 0.2) is 11.1 Å². The summed E-state index contributed by atoms with van der Waals surface area (Å²) < 4.78 is 10.5. The first-order chi connectivity index (χ1) is 11.7. The van der Waals surface area contributed by atoms with Crippen LogP contribution in [-0.2, 0) is 19.1 Å². The minimum absolute atomic E-state index is 0.142. The lowest BCUT2D eigenvalue weighted by atomic mass is 9.80. The third-order valence-corrected chi connectivity index (χ3v) is 4.64. The first kappa shape index (κ1) is 20.7. The lowest BCUT2D eigenvalue weighted by Crippen LogP contribution is -2.24. The molecule has 0 heterocycles. The van der Waals surface area contributed by atoms with Gasteiger partial charge in [-0.2, -0.15) is 0 Å². The molecule has 4 nitrogen and oxygen atoms in total. The molecule has 0 saturated heterocycles. The largest absolute Gasteiger partial charge is 0.463 e. The SMILES string of the molecule is CCCCCCC(C(=O)OCC)=C(C(=O)OCC)C1CCCCC1. The highest BCUT2D eigenvalue weighted by atomic mass is 16.5. The van der Waals surface area contributed by atoms with Crippen LogP contribution in [0.4, 0.5) is 0 Å². The molecule has 0 unspecified atom stereocenters. The Bertz CT molecular complexity index is 419. The summed E-state index contributed by atoms with van der Waals surface area (Å²) in [6, 6.07) is 0. The van der Waals surface area contributed by atoms with Gasteiger partial charge < -0.3 is 9.47 Å². The molecular weight excluding hydrogens is 304 g/mol. The van der Waals surface area contributed by atoms with Crippen molar-refractivity contribution in [2.24, 2.45) is 5.92 Å². The number of ether oxygens (including phenoxy) is 2. The predicted octanol–water partition coefficient (Wildman–Crippen LogP) is 4.96. The molecule has 0 aliphatic heterocycles. The molecule has 0 amide bonds. The van der Waals surface area contributed by atoms with Crippen molar-refractivity contribution in [1.82, 2.24) is 0 Å². The lowest BCUT2D eigenvalue weighted by Gasteiger charge is -2.25. The first-order valence-corrected chi connectivity index (χ1v) is 9.72. The predicted molar refractivity (Wildman–Crippen MR) is 95.6 cm³/mol. The zero-order chi connectivity index (χ0) is 17.8. The smallest absolute Gasteiger partial charge is 0.334 e. The van der Waals surface area contributed by atoms with Gasteiger partial charge >= 0.3 is 11.9 Å². The average molecular weight is 338 g/mol. The lowest BCUT2D eigenvalue weighted by molar-refractivity contribution is -0.142. The van der Waals surface area contributed by atoms with Gasteiger partial charge in [-0.1, -0.05) is 45.4 Å². The summed E-state index contributed by atoms with van der Waals surface area (Å²) in [6.45, 7) is 6.44. The molecule has 4 heteroatoms. The van der Waals surface area contributed by atoms with Crippen LogP contribution in [0, 0.1) is 5.92 Å². The number of esters is 2. The van der Waals surface area contributed by atoms with E-state index in [1.807, 2.05) is 6.92 Å². The normalized spacial score (nSPS) is 16.5. The number of rotatable bonds is 10. The number of unbranched alkanes of at least 4 members (excludes halogenated alkanes) is 3. The Kier molecular flexibility index (Phi) is 10.4. The van der Waals surface area contributed by atoms with Gasteiger partial charge in [0.25, 0.3) is 0 Å². The van der Waals surface area contributed by atoms with Crippen molar-refractivity contribution in [2.45, 2.75) is 85.0 Å². The van der Waals surface area contributed by atoms with Gasteiger partial charge in [0.2, 0.25) is 0 Å². The monoisotopic (exact) mass is 338 g/mol. The Morgan fingerprint density at radius 1 is 0.833 bits per heavy atom. The van der Waals surface area contributed by atoms with E-state index in [0.29, 0.717) is 30.8 Å². The molecule has 1 rings (SSSR count). The van der Waals surface area contributed by atoms with Crippen molar-refractivity contribution >= 4 is 11.9 Å². The topological polar surface area (TPSA) is 52.6 Å². The van der Waals surface area contributed by atoms with E-state index in [4.69, 9.17) is 9.47 Å². The highest BCUT2D eigenvalue weighted by Gasteiger charge is 2.30. The molecule has 0 bridgehead atoms. The summed E-state index contributed by atoms with van der Waals surface area (Å²) in [7, 11) is 0. The van der Waals surface area contributed by atoms with E-state index < -0.39 is 0 Å². The van der Waals surface area contributed by atoms with Crippen molar-refractivity contribution in [2.75, 3.05) is 13.2 Å². The highest BCUT2D eigenvalue weighted by molar-refractivity contribution is 6.00. The van der Waals surface area contributed by atoms with Gasteiger partial charge in [-0.15, -0.1) is 0 Å². The third kappa shape index (κ3) is 6.66. The molecule has 1 aliphatic carbocycles. The molecule has 0 aromatic rings. The molecule has 1 saturated carbocycles. The second-order valence-electron chi connectivity index (χ2n) is 6.48. The van der Waals surface area contributed by atoms with Crippen LogP contribution in [0.1, 0.15) is 85.0 Å². The fraction of sp³-hybridized carbons (Fsp3) is 0.800. The number of carbonyl (C=O) groups excluding carboxylic acids is 2. The summed E-state index contributed by atoms with van der Waals surface area (Å²) in [6.07, 6.45) is 10.2. The van der Waals surface area contributed by atoms with Crippen LogP contribution in [0.3, 0.4) is 0 Å². The molecule has 0 spiro atoms. The summed E-state index contributed by atoms with van der Waals surface area (Å²) in [4.78, 5) is 25.1. The van der Waals surface area contributed by atoms with E-state index >= 15 is 0 Å². The summed E-state index contributed by atoms with van der Waals surface area (Å²) in [5.74, 6) is -0.506. The molecule has 0 radical (unpaired) electrons. The van der Waals surface area contributed by atoms with Gasteiger partial charge in [-0.3, -0.25) is 0 Å². The van der Waals surface area contributed by atoms with E-state index in [0.717, 1.165) is 51.4 Å². The zero-order valence-corrected chi connectivity index (χ0v) is 15.7. The quantitative estimate of drug-likeness (QED) is 0.321. The molecule has 0 aromatic carbocycles. The molecule has 1 aliphatic rings. The molecule has 138 valence electrons. The van der Waals surface area contributed by atoms with Gasteiger partial charge in [0.15, 0.2) is 0 Å². The van der Waals surface area contributed by atoms with E-state index in [-0.39, 0.29) is 17.9 Å². The molecule has 0 atom stereocenters. The van der Waals surface area contributed by atoms with E-state index in [9.17, 15) is 9.59 Å². The maximum atomic E-state index is 12.6. The van der Waals surface area contributed by atoms with Crippen LogP contribution < -0.4 is 0 Å². The fourth-order valence-electron chi connectivity index (χ4n) is 3.43. The highest BCUT2D eigenvalue weighted by Crippen LogP contribution is 2.34. The van der Waals surface area contributed by atoms with Crippen LogP contribution in [0.25, 0.3) is 0 Å². The Morgan fingerprint density at radius 3 is 2.04 bits per heavy atom. The van der Waals surface area contributed by atoms with Crippen molar-refractivity contribution in [1.29, 1.82) is 0 Å². The molecule has 0 aromatic heterocycles. The Morgan fingerprint density at radius 2 is 1.46 bits per heavy atom. The fourth-order valence-corrected chi connectivity index (χ4v) is 3.43. The van der Waals surface area contributed by atoms with Crippen LogP contribution in [0.2, 0.25) is 0 Å². The average Bonchev–Trinajstić information content (AvgIpc) is 2.58. The molecular formula is C20H34O4. The van der Waals surface area contributed by atoms with Gasteiger partial charge in [0, 0.05) is 5.57 Å². The first-order valence-electron chi connectivity index (χ1n) is 9.72. The van der Waals surface area contributed by atoms with E-state index in [2.05, 4.69) is 6.92 Å². The van der Waals surface area contributed by atoms with Crippen LogP contribution >= 0.6 is 0 Å². The Balaban J connectivity index is 3.08. The van der Waals surface area contributed by atoms with Gasteiger partial charge in [-0.25, -0.2) is 9.59 Å². The third-order valence-electron chi connectivity index (χ3n) is 4.64.